The molecule has 0 aromatic carbocycles. The average molecular weight is 575 g/mol. The van der Waals surface area contributed by atoms with Gasteiger partial charge in [-0.25, -0.2) is 4.79 Å². The van der Waals surface area contributed by atoms with Crippen LogP contribution < -0.4 is 0 Å². The summed E-state index contributed by atoms with van der Waals surface area (Å²) in [7, 11) is 0. The first-order valence-corrected chi connectivity index (χ1v) is 14.4. The van der Waals surface area contributed by atoms with E-state index < -0.39 is 92.4 Å². The molecule has 0 amide bonds. The zero-order valence-electron chi connectivity index (χ0n) is 23.4. The summed E-state index contributed by atoms with van der Waals surface area (Å²) in [6.07, 6.45) is -0.538. The second kappa shape index (κ2) is 6.95. The summed E-state index contributed by atoms with van der Waals surface area (Å²) in [5.74, 6) is -6.67. The van der Waals surface area contributed by atoms with Crippen LogP contribution in [0.1, 0.15) is 66.2 Å². The maximum absolute atomic E-state index is 14.8. The van der Waals surface area contributed by atoms with E-state index in [4.69, 9.17) is 23.7 Å². The van der Waals surface area contributed by atoms with Gasteiger partial charge in [0.2, 0.25) is 11.6 Å². The first-order chi connectivity index (χ1) is 19.0. The molecule has 7 fully saturated rings. The van der Waals surface area contributed by atoms with Gasteiger partial charge in [-0.05, 0) is 52.5 Å². The fraction of sp³-hybridized carbons (Fsp3) is 0.793. The second-order valence-electron chi connectivity index (χ2n) is 14.3. The second-order valence-corrected chi connectivity index (χ2v) is 14.3. The fourth-order valence-corrected chi connectivity index (χ4v) is 10.6. The number of ketones is 2. The van der Waals surface area contributed by atoms with Gasteiger partial charge in [0, 0.05) is 23.3 Å². The Morgan fingerprint density at radius 2 is 1.71 bits per heavy atom. The molecule has 222 valence electrons. The van der Waals surface area contributed by atoms with Crippen LogP contribution in [0, 0.1) is 17.3 Å². The third-order valence-corrected chi connectivity index (χ3v) is 12.3. The van der Waals surface area contributed by atoms with Crippen molar-refractivity contribution < 1.29 is 58.2 Å². The predicted octanol–water partition coefficient (Wildman–Crippen LogP) is -0.222. The van der Waals surface area contributed by atoms with E-state index in [1.807, 2.05) is 0 Å². The number of ether oxygens (including phenoxy) is 5. The molecule has 12 atom stereocenters. The minimum Gasteiger partial charge on any atom is -0.456 e. The van der Waals surface area contributed by atoms with E-state index in [0.29, 0.717) is 0 Å². The molecule has 8 aliphatic rings. The van der Waals surface area contributed by atoms with Crippen LogP contribution in [-0.4, -0.2) is 97.0 Å². The molecule has 41 heavy (non-hydrogen) atoms. The molecule has 2 bridgehead atoms. The van der Waals surface area contributed by atoms with Gasteiger partial charge in [0.25, 0.3) is 0 Å². The topological polar surface area (TPSA) is 175 Å². The summed E-state index contributed by atoms with van der Waals surface area (Å²) in [6, 6.07) is 0. The van der Waals surface area contributed by atoms with E-state index in [9.17, 15) is 34.5 Å². The van der Waals surface area contributed by atoms with Crippen LogP contribution in [0.2, 0.25) is 0 Å². The summed E-state index contributed by atoms with van der Waals surface area (Å²) >= 11 is 0. The largest absolute Gasteiger partial charge is 0.456 e. The van der Waals surface area contributed by atoms with Crippen molar-refractivity contribution in [1.82, 2.24) is 0 Å². The lowest BCUT2D eigenvalue weighted by Crippen LogP contribution is -2.63. The molecule has 2 saturated carbocycles. The van der Waals surface area contributed by atoms with Crippen molar-refractivity contribution in [2.45, 2.75) is 118 Å². The van der Waals surface area contributed by atoms with Crippen LogP contribution in [0.5, 0.6) is 0 Å². The van der Waals surface area contributed by atoms with Crippen LogP contribution in [0.4, 0.5) is 0 Å². The highest BCUT2D eigenvalue weighted by Gasteiger charge is 2.93. The van der Waals surface area contributed by atoms with Gasteiger partial charge in [-0.3, -0.25) is 14.4 Å². The Labute approximate surface area is 235 Å². The molecule has 0 aromatic rings. The lowest BCUT2D eigenvalue weighted by Gasteiger charge is -2.43. The summed E-state index contributed by atoms with van der Waals surface area (Å²) in [5.41, 5.74) is -11.6. The zero-order chi connectivity index (χ0) is 29.4. The van der Waals surface area contributed by atoms with Gasteiger partial charge in [-0.15, -0.1) is 0 Å². The van der Waals surface area contributed by atoms with Crippen molar-refractivity contribution in [3.63, 3.8) is 0 Å². The van der Waals surface area contributed by atoms with Gasteiger partial charge in [0.15, 0.2) is 22.6 Å². The molecule has 5 saturated heterocycles. The number of aliphatic hydroxyl groups excluding tert-OH is 1. The van der Waals surface area contributed by atoms with Gasteiger partial charge in [-0.2, -0.15) is 0 Å². The molecule has 6 heterocycles. The number of hydrogen-bond donors (Lipinski definition) is 3. The molecule has 12 nitrogen and oxygen atoms in total. The van der Waals surface area contributed by atoms with Gasteiger partial charge in [0.05, 0.1) is 24.5 Å². The monoisotopic (exact) mass is 574 g/mol. The number of Topliss-reactive ketones (excluding diaryl/α,β-unsaturated/α-hetero) is 2. The average Bonchev–Trinajstić information content (AvgIpc) is 3.46. The summed E-state index contributed by atoms with van der Waals surface area (Å²) < 4.78 is 31.5. The Kier molecular flexibility index (Phi) is 4.47. The van der Waals surface area contributed by atoms with E-state index in [-0.39, 0.29) is 50.7 Å². The maximum Gasteiger partial charge on any atom is 0.334 e. The predicted molar refractivity (Wildman–Crippen MR) is 132 cm³/mol. The molecular weight excluding hydrogens is 540 g/mol. The molecule has 0 aromatic heterocycles. The number of aliphatic hydroxyl groups is 3. The molecule has 8 rings (SSSR count). The lowest BCUT2D eigenvalue weighted by atomic mass is 9.61. The van der Waals surface area contributed by atoms with Crippen LogP contribution in [0.15, 0.2) is 11.6 Å². The van der Waals surface area contributed by atoms with Crippen LogP contribution in [0.25, 0.3) is 0 Å². The van der Waals surface area contributed by atoms with Crippen molar-refractivity contribution >= 4 is 23.5 Å². The molecule has 2 aliphatic carbocycles. The summed E-state index contributed by atoms with van der Waals surface area (Å²) in [6.45, 7) is 5.80. The fourth-order valence-electron chi connectivity index (χ4n) is 10.6. The number of rotatable bonds is 1. The number of hydrogen-bond acceptors (Lipinski definition) is 12. The number of carbonyl (C=O) groups is 4. The minimum atomic E-state index is -2.23. The summed E-state index contributed by atoms with van der Waals surface area (Å²) in [5, 5.41) is 34.6. The third-order valence-electron chi connectivity index (χ3n) is 12.3. The van der Waals surface area contributed by atoms with Crippen molar-refractivity contribution in [1.29, 1.82) is 0 Å². The molecule has 12 heteroatoms. The number of esters is 2. The van der Waals surface area contributed by atoms with E-state index in [1.165, 1.54) is 19.9 Å². The highest BCUT2D eigenvalue weighted by molar-refractivity contribution is 6.05. The van der Waals surface area contributed by atoms with Crippen LogP contribution >= 0.6 is 0 Å². The standard InChI is InChI=1S/C29H34O12/c1-13-9-16-28(40-18(13)32)19-22(2,20(33)24(28,4)35)7-8-25-11-26-14(23(3,12-30)37-15(26)10-17(31)39-26)5-6-27(25,36)21(34)29(19,38-16)41-25/h9,14-16,19,30,35-36H,5-8,10-12H2,1-4H3. The molecular formula is C29H34O12. The number of carbonyl (C=O) groups excluding carboxylic acids is 4. The Hall–Kier alpha value is -2.22. The van der Waals surface area contributed by atoms with Crippen molar-refractivity contribution in [3.05, 3.63) is 11.6 Å². The maximum atomic E-state index is 14.8. The van der Waals surface area contributed by atoms with Gasteiger partial charge >= 0.3 is 11.9 Å². The summed E-state index contributed by atoms with van der Waals surface area (Å²) in [4.78, 5) is 54.6. The lowest BCUT2D eigenvalue weighted by molar-refractivity contribution is -0.264. The van der Waals surface area contributed by atoms with Gasteiger partial charge in [0.1, 0.15) is 23.4 Å². The third kappa shape index (κ3) is 2.41. The van der Waals surface area contributed by atoms with Crippen LogP contribution in [-0.2, 0) is 42.9 Å². The first kappa shape index (κ1) is 26.4. The SMILES string of the molecule is CC1=CC2OC34OC5(CCC6(C)C(=O)C(C)(O)C2(OC1=O)C63)CC12OC(=O)CC1OC(C)(CO)C2CCC5(O)C4=O. The van der Waals surface area contributed by atoms with Crippen molar-refractivity contribution in [2.75, 3.05) is 6.61 Å². The quantitative estimate of drug-likeness (QED) is 0.352. The molecule has 0 radical (unpaired) electrons. The van der Waals surface area contributed by atoms with Crippen LogP contribution in [0.3, 0.4) is 0 Å². The minimum absolute atomic E-state index is 0.00664. The van der Waals surface area contributed by atoms with Gasteiger partial charge in [-0.1, -0.05) is 6.92 Å². The highest BCUT2D eigenvalue weighted by atomic mass is 16.8. The normalized spacial score (nSPS) is 59.8. The Morgan fingerprint density at radius 1 is 0.976 bits per heavy atom. The Morgan fingerprint density at radius 3 is 2.41 bits per heavy atom. The van der Waals surface area contributed by atoms with Crippen molar-refractivity contribution in [2.24, 2.45) is 17.3 Å². The van der Waals surface area contributed by atoms with E-state index in [2.05, 4.69) is 0 Å². The van der Waals surface area contributed by atoms with Crippen molar-refractivity contribution in [3.8, 4) is 0 Å². The Balaban J connectivity index is 1.35. The smallest absolute Gasteiger partial charge is 0.334 e. The Bertz CT molecular complexity index is 1400. The van der Waals surface area contributed by atoms with E-state index >= 15 is 0 Å². The zero-order valence-corrected chi connectivity index (χ0v) is 23.4. The van der Waals surface area contributed by atoms with E-state index in [1.54, 1.807) is 13.8 Å². The van der Waals surface area contributed by atoms with E-state index in [0.717, 1.165) is 0 Å². The molecule has 3 N–H and O–H groups in total. The molecule has 6 aliphatic heterocycles. The molecule has 12 unspecified atom stereocenters. The molecule has 4 spiro atoms. The van der Waals surface area contributed by atoms with Gasteiger partial charge < -0.3 is 39.0 Å². The highest BCUT2D eigenvalue weighted by Crippen LogP contribution is 2.75. The first-order valence-electron chi connectivity index (χ1n) is 14.4.